The van der Waals surface area contributed by atoms with Crippen LogP contribution in [0.25, 0.3) is 0 Å². The fraction of sp³-hybridized carbons (Fsp3) is 0.200. The summed E-state index contributed by atoms with van der Waals surface area (Å²) in [6.45, 7) is 2.02. The number of hydrogen-bond acceptors (Lipinski definition) is 6. The van der Waals surface area contributed by atoms with Crippen LogP contribution in [0.2, 0.25) is 0 Å². The van der Waals surface area contributed by atoms with Crippen molar-refractivity contribution < 1.29 is 0 Å². The Morgan fingerprint density at radius 3 is 2.88 bits per heavy atom. The monoisotopic (exact) mass is 265 g/mol. The van der Waals surface area contributed by atoms with Gasteiger partial charge in [-0.15, -0.1) is 0 Å². The van der Waals surface area contributed by atoms with E-state index in [-0.39, 0.29) is 5.84 Å². The van der Waals surface area contributed by atoms with Crippen molar-refractivity contribution in [3.05, 3.63) is 29.7 Å². The van der Waals surface area contributed by atoms with Crippen molar-refractivity contribution in [3.8, 4) is 0 Å². The lowest BCUT2D eigenvalue weighted by atomic mass is 10.3. The van der Waals surface area contributed by atoms with Crippen LogP contribution < -0.4 is 5.73 Å². The Morgan fingerprint density at radius 2 is 2.35 bits per heavy atom. The molecule has 0 atom stereocenters. The van der Waals surface area contributed by atoms with Gasteiger partial charge in [-0.05, 0) is 35.4 Å². The molecule has 0 aromatic carbocycles. The van der Waals surface area contributed by atoms with Crippen molar-refractivity contribution >= 4 is 29.1 Å². The summed E-state index contributed by atoms with van der Waals surface area (Å²) in [5.74, 6) is 0.885. The Balaban J connectivity index is 2.10. The van der Waals surface area contributed by atoms with Crippen LogP contribution in [-0.4, -0.2) is 20.2 Å². The number of nitrogen functional groups attached to an aromatic ring is 1. The van der Waals surface area contributed by atoms with Crippen molar-refractivity contribution in [2.45, 2.75) is 22.7 Å². The molecule has 2 aromatic heterocycles. The molecule has 2 rings (SSSR count). The van der Waals surface area contributed by atoms with Gasteiger partial charge in [0.05, 0.1) is 0 Å². The summed E-state index contributed by atoms with van der Waals surface area (Å²) in [5, 5.41) is 8.09. The average Bonchev–Trinajstić information content (AvgIpc) is 2.77. The first-order valence-corrected chi connectivity index (χ1v) is 6.59. The molecule has 17 heavy (non-hydrogen) atoms. The maximum atomic E-state index is 7.27. The molecular formula is C10H11N5S2. The predicted octanol–water partition coefficient (Wildman–Crippen LogP) is 1.93. The lowest BCUT2D eigenvalue weighted by molar-refractivity contribution is 0.970. The Kier molecular flexibility index (Phi) is 3.70. The molecule has 2 aromatic rings. The fourth-order valence-electron chi connectivity index (χ4n) is 1.11. The van der Waals surface area contributed by atoms with Crippen LogP contribution in [0.3, 0.4) is 0 Å². The van der Waals surface area contributed by atoms with E-state index in [9.17, 15) is 0 Å². The molecule has 0 bridgehead atoms. The van der Waals surface area contributed by atoms with E-state index in [2.05, 4.69) is 14.3 Å². The third-order valence-corrected chi connectivity index (χ3v) is 3.74. The van der Waals surface area contributed by atoms with Crippen molar-refractivity contribution in [3.63, 3.8) is 0 Å². The molecule has 0 radical (unpaired) electrons. The van der Waals surface area contributed by atoms with Crippen molar-refractivity contribution in [1.82, 2.24) is 14.3 Å². The van der Waals surface area contributed by atoms with Crippen LogP contribution in [0, 0.1) is 5.41 Å². The first-order valence-electron chi connectivity index (χ1n) is 5.00. The van der Waals surface area contributed by atoms with Gasteiger partial charge in [0.15, 0.2) is 4.34 Å². The van der Waals surface area contributed by atoms with Crippen LogP contribution in [0.15, 0.2) is 27.7 Å². The van der Waals surface area contributed by atoms with Crippen LogP contribution in [0.4, 0.5) is 0 Å². The van der Waals surface area contributed by atoms with Gasteiger partial charge in [-0.1, -0.05) is 6.92 Å². The summed E-state index contributed by atoms with van der Waals surface area (Å²) in [4.78, 5) is 8.56. The zero-order valence-corrected chi connectivity index (χ0v) is 10.8. The molecule has 0 saturated carbocycles. The van der Waals surface area contributed by atoms with Crippen LogP contribution in [0.5, 0.6) is 0 Å². The number of aromatic nitrogens is 3. The second kappa shape index (κ2) is 5.24. The molecule has 0 aliphatic carbocycles. The van der Waals surface area contributed by atoms with Gasteiger partial charge in [0.2, 0.25) is 0 Å². The Hall–Kier alpha value is -1.47. The molecule has 0 amide bonds. The van der Waals surface area contributed by atoms with Crippen molar-refractivity contribution in [2.75, 3.05) is 0 Å². The zero-order chi connectivity index (χ0) is 12.3. The summed E-state index contributed by atoms with van der Waals surface area (Å²) in [6, 6.07) is 3.61. The third kappa shape index (κ3) is 3.01. The number of aryl methyl sites for hydroxylation is 1. The zero-order valence-electron chi connectivity index (χ0n) is 9.17. The standard InChI is InChI=1S/C10H11N5S2/c1-2-7-14-10(17-15-7)16-8-4-3-6(5-13-8)9(11)12/h3-5H,2H2,1H3,(H3,11,12). The highest BCUT2D eigenvalue weighted by atomic mass is 32.2. The summed E-state index contributed by atoms with van der Waals surface area (Å²) in [7, 11) is 0. The number of nitrogens with zero attached hydrogens (tertiary/aromatic N) is 3. The van der Waals surface area contributed by atoms with Gasteiger partial charge >= 0.3 is 0 Å². The van der Waals surface area contributed by atoms with Gasteiger partial charge < -0.3 is 5.73 Å². The first-order chi connectivity index (χ1) is 8.19. The lowest BCUT2D eigenvalue weighted by Gasteiger charge is -1.99. The second-order valence-electron chi connectivity index (χ2n) is 3.23. The molecule has 7 heteroatoms. The molecule has 3 N–H and O–H groups in total. The molecule has 5 nitrogen and oxygen atoms in total. The minimum atomic E-state index is 0.0261. The van der Waals surface area contributed by atoms with Gasteiger partial charge in [-0.3, -0.25) is 5.41 Å². The number of nitrogens with one attached hydrogen (secondary N) is 1. The molecule has 0 aliphatic rings. The number of hydrogen-bond donors (Lipinski definition) is 2. The minimum Gasteiger partial charge on any atom is -0.384 e. The molecule has 0 spiro atoms. The minimum absolute atomic E-state index is 0.0261. The van der Waals surface area contributed by atoms with Gasteiger partial charge in [0.25, 0.3) is 0 Å². The van der Waals surface area contributed by atoms with Gasteiger partial charge in [0, 0.05) is 18.2 Å². The summed E-state index contributed by atoms with van der Waals surface area (Å²) in [6.07, 6.45) is 2.43. The van der Waals surface area contributed by atoms with Gasteiger partial charge in [0.1, 0.15) is 16.7 Å². The van der Waals surface area contributed by atoms with E-state index in [0.717, 1.165) is 21.6 Å². The van der Waals surface area contributed by atoms with E-state index in [1.165, 1.54) is 23.3 Å². The van der Waals surface area contributed by atoms with E-state index in [1.807, 2.05) is 13.0 Å². The largest absolute Gasteiger partial charge is 0.384 e. The Labute approximate surface area is 107 Å². The predicted molar refractivity (Wildman–Crippen MR) is 68.7 cm³/mol. The van der Waals surface area contributed by atoms with Crippen LogP contribution >= 0.6 is 23.3 Å². The first kappa shape index (κ1) is 12.0. The summed E-state index contributed by atoms with van der Waals surface area (Å²) >= 11 is 2.84. The average molecular weight is 265 g/mol. The number of amidine groups is 1. The van der Waals surface area contributed by atoms with Crippen LogP contribution in [0.1, 0.15) is 18.3 Å². The number of pyridine rings is 1. The van der Waals surface area contributed by atoms with Gasteiger partial charge in [-0.2, -0.15) is 4.37 Å². The summed E-state index contributed by atoms with van der Waals surface area (Å²) in [5.41, 5.74) is 5.98. The maximum Gasteiger partial charge on any atom is 0.176 e. The van der Waals surface area contributed by atoms with E-state index in [0.29, 0.717) is 5.56 Å². The molecular weight excluding hydrogens is 254 g/mol. The lowest BCUT2D eigenvalue weighted by Crippen LogP contribution is -2.10. The molecule has 0 unspecified atom stereocenters. The molecule has 88 valence electrons. The second-order valence-corrected chi connectivity index (χ2v) is 5.25. The normalized spacial score (nSPS) is 10.4. The highest BCUT2D eigenvalue weighted by molar-refractivity contribution is 8.00. The highest BCUT2D eigenvalue weighted by Crippen LogP contribution is 2.27. The highest BCUT2D eigenvalue weighted by Gasteiger charge is 2.06. The molecule has 0 saturated heterocycles. The Morgan fingerprint density at radius 1 is 1.53 bits per heavy atom. The topological polar surface area (TPSA) is 88.5 Å². The number of nitrogens with two attached hydrogens (primary N) is 1. The fourth-order valence-corrected chi connectivity index (χ4v) is 2.70. The van der Waals surface area contributed by atoms with E-state index in [1.54, 1.807) is 12.3 Å². The van der Waals surface area contributed by atoms with E-state index >= 15 is 0 Å². The Bertz CT molecular complexity index is 520. The van der Waals surface area contributed by atoms with E-state index < -0.39 is 0 Å². The van der Waals surface area contributed by atoms with Crippen LogP contribution in [-0.2, 0) is 6.42 Å². The van der Waals surface area contributed by atoms with Gasteiger partial charge in [-0.25, -0.2) is 9.97 Å². The quantitative estimate of drug-likeness (QED) is 0.651. The maximum absolute atomic E-state index is 7.27. The third-order valence-electron chi connectivity index (χ3n) is 2.00. The molecule has 2 heterocycles. The SMILES string of the molecule is CCc1nsc(Sc2ccc(C(=N)N)cn2)n1. The number of rotatable bonds is 4. The van der Waals surface area contributed by atoms with Crippen molar-refractivity contribution in [1.29, 1.82) is 5.41 Å². The van der Waals surface area contributed by atoms with Crippen molar-refractivity contribution in [2.24, 2.45) is 5.73 Å². The summed E-state index contributed by atoms with van der Waals surface area (Å²) < 4.78 is 5.08. The van der Waals surface area contributed by atoms with E-state index in [4.69, 9.17) is 11.1 Å². The molecule has 0 aliphatic heterocycles. The molecule has 0 fully saturated rings. The smallest absolute Gasteiger partial charge is 0.176 e.